The minimum Gasteiger partial charge on any atom is -0.368 e. The van der Waals surface area contributed by atoms with Crippen molar-refractivity contribution in [1.82, 2.24) is 29.9 Å². The molecule has 27 heavy (non-hydrogen) atoms. The van der Waals surface area contributed by atoms with Crippen LogP contribution < -0.4 is 5.32 Å². The molecule has 1 aromatic carbocycles. The van der Waals surface area contributed by atoms with Gasteiger partial charge in [-0.15, -0.1) is 5.10 Å². The molecule has 0 unspecified atom stereocenters. The van der Waals surface area contributed by atoms with E-state index >= 15 is 0 Å². The zero-order valence-corrected chi connectivity index (χ0v) is 14.9. The molecule has 0 amide bonds. The molecule has 4 rings (SSSR count). The molecule has 9 heteroatoms. The Morgan fingerprint density at radius 2 is 2.00 bits per heavy atom. The fourth-order valence-corrected chi connectivity index (χ4v) is 2.94. The lowest BCUT2D eigenvalue weighted by atomic mass is 10.2. The third kappa shape index (κ3) is 3.70. The molecule has 1 N–H and O–H groups in total. The first-order valence-electron chi connectivity index (χ1n) is 8.33. The molecule has 0 saturated carbocycles. The van der Waals surface area contributed by atoms with Crippen LogP contribution in [-0.2, 0) is 13.0 Å². The van der Waals surface area contributed by atoms with Crippen LogP contribution in [0, 0.1) is 5.82 Å². The Bertz CT molecular complexity index is 1050. The summed E-state index contributed by atoms with van der Waals surface area (Å²) in [5.74, 6) is 0.177. The smallest absolute Gasteiger partial charge is 0.184 e. The van der Waals surface area contributed by atoms with Crippen molar-refractivity contribution < 1.29 is 4.39 Å². The van der Waals surface area contributed by atoms with Crippen molar-refractivity contribution in [2.75, 3.05) is 11.9 Å². The van der Waals surface area contributed by atoms with E-state index in [0.717, 1.165) is 12.1 Å². The fraction of sp³-hybridized carbons (Fsp3) is 0.167. The first kappa shape index (κ1) is 17.3. The Morgan fingerprint density at radius 3 is 2.81 bits per heavy atom. The van der Waals surface area contributed by atoms with Crippen molar-refractivity contribution in [3.8, 4) is 0 Å². The molecule has 3 aromatic heterocycles. The largest absolute Gasteiger partial charge is 0.368 e. The summed E-state index contributed by atoms with van der Waals surface area (Å²) in [4.78, 5) is 12.8. The Labute approximate surface area is 159 Å². The maximum atomic E-state index is 14.1. The number of benzene rings is 1. The number of pyridine rings is 1. The first-order valence-corrected chi connectivity index (χ1v) is 8.71. The molecule has 136 valence electrons. The van der Waals surface area contributed by atoms with Crippen molar-refractivity contribution in [3.05, 3.63) is 71.0 Å². The average Bonchev–Trinajstić information content (AvgIpc) is 3.10. The molecule has 0 saturated heterocycles. The van der Waals surface area contributed by atoms with Gasteiger partial charge in [0.15, 0.2) is 17.0 Å². The monoisotopic (exact) mass is 383 g/mol. The zero-order chi connectivity index (χ0) is 18.6. The summed E-state index contributed by atoms with van der Waals surface area (Å²) in [5, 5.41) is 11.8. The van der Waals surface area contributed by atoms with E-state index in [-0.39, 0.29) is 6.54 Å². The van der Waals surface area contributed by atoms with E-state index < -0.39 is 5.82 Å². The summed E-state index contributed by atoms with van der Waals surface area (Å²) >= 11 is 6.10. The highest BCUT2D eigenvalue weighted by atomic mass is 35.5. The van der Waals surface area contributed by atoms with Crippen LogP contribution >= 0.6 is 11.6 Å². The molecular weight excluding hydrogens is 369 g/mol. The lowest BCUT2D eigenvalue weighted by Gasteiger charge is -2.07. The highest BCUT2D eigenvalue weighted by Crippen LogP contribution is 2.22. The Morgan fingerprint density at radius 1 is 1.07 bits per heavy atom. The van der Waals surface area contributed by atoms with Crippen LogP contribution in [0.25, 0.3) is 11.2 Å². The number of aromatic nitrogens is 6. The van der Waals surface area contributed by atoms with Gasteiger partial charge in [-0.2, -0.15) is 0 Å². The van der Waals surface area contributed by atoms with Gasteiger partial charge in [0.25, 0.3) is 0 Å². The van der Waals surface area contributed by atoms with Gasteiger partial charge in [0.2, 0.25) is 0 Å². The Hall–Kier alpha value is -3.13. The summed E-state index contributed by atoms with van der Waals surface area (Å²) in [7, 11) is 0. The van der Waals surface area contributed by atoms with Gasteiger partial charge in [-0.25, -0.2) is 19.0 Å². The highest BCUT2D eigenvalue weighted by molar-refractivity contribution is 6.31. The topological polar surface area (TPSA) is 81.4 Å². The van der Waals surface area contributed by atoms with E-state index in [4.69, 9.17) is 11.6 Å². The molecular formula is C18H15ClFN7. The number of hydrogen-bond donors (Lipinski definition) is 1. The average molecular weight is 384 g/mol. The molecule has 0 aliphatic heterocycles. The number of nitrogens with zero attached hydrogens (tertiary/aromatic N) is 6. The van der Waals surface area contributed by atoms with E-state index in [1.165, 1.54) is 17.1 Å². The maximum absolute atomic E-state index is 14.1. The summed E-state index contributed by atoms with van der Waals surface area (Å²) < 4.78 is 15.6. The standard InChI is InChI=1S/C18H15ClFN7/c19-14-5-3-6-15(20)13(14)10-27-18-16(25-26-27)17(23-11-24-18)22-9-7-12-4-1-2-8-21-12/h1-6,8,11H,7,9-10H2,(H,22,23,24). The van der Waals surface area contributed by atoms with E-state index in [9.17, 15) is 4.39 Å². The van der Waals surface area contributed by atoms with Crippen LogP contribution in [0.5, 0.6) is 0 Å². The number of hydrogen-bond acceptors (Lipinski definition) is 6. The summed E-state index contributed by atoms with van der Waals surface area (Å²) in [5.41, 5.74) is 2.35. The molecule has 0 aliphatic rings. The summed E-state index contributed by atoms with van der Waals surface area (Å²) in [6.07, 6.45) is 3.93. The van der Waals surface area contributed by atoms with E-state index in [0.29, 0.717) is 34.1 Å². The van der Waals surface area contributed by atoms with Gasteiger partial charge in [-0.05, 0) is 24.3 Å². The van der Waals surface area contributed by atoms with Crippen LogP contribution in [-0.4, -0.2) is 36.5 Å². The number of halogens is 2. The lowest BCUT2D eigenvalue weighted by Crippen LogP contribution is -2.08. The minimum absolute atomic E-state index is 0.131. The predicted octanol–water partition coefficient (Wildman–Crippen LogP) is 3.11. The second-order valence-electron chi connectivity index (χ2n) is 5.84. The second-order valence-corrected chi connectivity index (χ2v) is 6.25. The van der Waals surface area contributed by atoms with E-state index in [1.807, 2.05) is 18.2 Å². The molecule has 7 nitrogen and oxygen atoms in total. The van der Waals surface area contributed by atoms with Crippen molar-refractivity contribution in [2.45, 2.75) is 13.0 Å². The van der Waals surface area contributed by atoms with E-state index in [1.54, 1.807) is 18.3 Å². The lowest BCUT2D eigenvalue weighted by molar-refractivity contribution is 0.582. The number of rotatable bonds is 6. The van der Waals surface area contributed by atoms with Gasteiger partial charge in [-0.1, -0.05) is 28.9 Å². The zero-order valence-electron chi connectivity index (χ0n) is 14.2. The van der Waals surface area contributed by atoms with Gasteiger partial charge in [0.1, 0.15) is 12.1 Å². The molecule has 0 spiro atoms. The number of nitrogens with one attached hydrogen (secondary N) is 1. The third-order valence-electron chi connectivity index (χ3n) is 4.07. The van der Waals surface area contributed by atoms with Crippen molar-refractivity contribution >= 4 is 28.6 Å². The highest BCUT2D eigenvalue weighted by Gasteiger charge is 2.15. The normalized spacial score (nSPS) is 11.0. The molecule has 4 aromatic rings. The van der Waals surface area contributed by atoms with Gasteiger partial charge in [0.05, 0.1) is 6.54 Å². The number of fused-ring (bicyclic) bond motifs is 1. The van der Waals surface area contributed by atoms with Crippen LogP contribution in [0.2, 0.25) is 5.02 Å². The minimum atomic E-state index is -0.395. The molecule has 0 fully saturated rings. The van der Waals surface area contributed by atoms with Crippen molar-refractivity contribution in [1.29, 1.82) is 0 Å². The molecule has 0 radical (unpaired) electrons. The predicted molar refractivity (Wildman–Crippen MR) is 100 cm³/mol. The first-order chi connectivity index (χ1) is 13.2. The summed E-state index contributed by atoms with van der Waals surface area (Å²) in [6, 6.07) is 10.4. The van der Waals surface area contributed by atoms with Crippen LogP contribution in [0.4, 0.5) is 10.2 Å². The van der Waals surface area contributed by atoms with Gasteiger partial charge < -0.3 is 5.32 Å². The fourth-order valence-electron chi connectivity index (χ4n) is 2.72. The molecule has 0 bridgehead atoms. The molecule has 0 aliphatic carbocycles. The van der Waals surface area contributed by atoms with Crippen LogP contribution in [0.1, 0.15) is 11.3 Å². The van der Waals surface area contributed by atoms with Gasteiger partial charge in [0, 0.05) is 35.4 Å². The van der Waals surface area contributed by atoms with Crippen LogP contribution in [0.15, 0.2) is 48.9 Å². The van der Waals surface area contributed by atoms with Gasteiger partial charge >= 0.3 is 0 Å². The third-order valence-corrected chi connectivity index (χ3v) is 4.42. The second kappa shape index (κ2) is 7.63. The van der Waals surface area contributed by atoms with Gasteiger partial charge in [-0.3, -0.25) is 4.98 Å². The van der Waals surface area contributed by atoms with Crippen LogP contribution in [0.3, 0.4) is 0 Å². The quantitative estimate of drug-likeness (QED) is 0.551. The van der Waals surface area contributed by atoms with E-state index in [2.05, 4.69) is 30.6 Å². The Kier molecular flexibility index (Phi) is 4.88. The molecule has 0 atom stereocenters. The maximum Gasteiger partial charge on any atom is 0.184 e. The van der Waals surface area contributed by atoms with Crippen molar-refractivity contribution in [3.63, 3.8) is 0 Å². The van der Waals surface area contributed by atoms with Crippen molar-refractivity contribution in [2.24, 2.45) is 0 Å². The molecule has 3 heterocycles. The SMILES string of the molecule is Fc1cccc(Cl)c1Cn1nnc2c(NCCc3ccccn3)ncnc21. The summed E-state index contributed by atoms with van der Waals surface area (Å²) in [6.45, 7) is 0.765. The number of anilines is 1. The Balaban J connectivity index is 1.55.